The van der Waals surface area contributed by atoms with Gasteiger partial charge >= 0.3 is 0 Å². The van der Waals surface area contributed by atoms with Gasteiger partial charge in [-0.25, -0.2) is 4.39 Å². The van der Waals surface area contributed by atoms with E-state index >= 15 is 0 Å². The van der Waals surface area contributed by atoms with Crippen molar-refractivity contribution in [1.82, 2.24) is 5.32 Å². The molecule has 1 heterocycles. The number of benzene rings is 1. The van der Waals surface area contributed by atoms with E-state index in [9.17, 15) is 9.18 Å². The third-order valence-electron chi connectivity index (χ3n) is 3.97. The molecule has 1 aromatic heterocycles. The maximum Gasteiger partial charge on any atom is 0.254 e. The number of hydrogen-bond donors (Lipinski definition) is 1. The maximum atomic E-state index is 13.7. The first-order valence-corrected chi connectivity index (χ1v) is 7.08. The van der Waals surface area contributed by atoms with Crippen LogP contribution in [0.3, 0.4) is 0 Å². The number of amides is 1. The average Bonchev–Trinajstić information content (AvgIpc) is 2.85. The predicted octanol–water partition coefficient (Wildman–Crippen LogP) is 3.86. The van der Waals surface area contributed by atoms with Crippen LogP contribution in [0.2, 0.25) is 0 Å². The largest absolute Gasteiger partial charge is 0.469 e. The molecule has 0 bridgehead atoms. The van der Waals surface area contributed by atoms with Gasteiger partial charge in [-0.05, 0) is 30.0 Å². The molecule has 0 radical (unpaired) electrons. The Morgan fingerprint density at radius 2 is 2.10 bits per heavy atom. The highest BCUT2D eigenvalue weighted by Gasteiger charge is 2.35. The first-order valence-electron chi connectivity index (χ1n) is 7.08. The molecule has 0 saturated heterocycles. The van der Waals surface area contributed by atoms with Crippen LogP contribution in [-0.2, 0) is 6.42 Å². The summed E-state index contributed by atoms with van der Waals surface area (Å²) < 4.78 is 19.2. The van der Waals surface area contributed by atoms with Crippen molar-refractivity contribution in [3.8, 4) is 0 Å². The summed E-state index contributed by atoms with van der Waals surface area (Å²) in [6.07, 6.45) is 3.30. The Kier molecular flexibility index (Phi) is 3.32. The van der Waals surface area contributed by atoms with Crippen LogP contribution in [0.5, 0.6) is 0 Å². The standard InChI is InChI=1S/C17H18FNO2/c1-17(2)9-14(12-7-8-21-15(12)10-17)19-16(20)11-5-3-4-6-13(11)18/h3-8,14H,9-10H2,1-2H3,(H,19,20)/t14-/m1/s1. The van der Waals surface area contributed by atoms with Crippen molar-refractivity contribution in [3.63, 3.8) is 0 Å². The van der Waals surface area contributed by atoms with Crippen LogP contribution in [0.4, 0.5) is 4.39 Å². The van der Waals surface area contributed by atoms with E-state index in [-0.39, 0.29) is 22.9 Å². The SMILES string of the molecule is CC1(C)Cc2occc2[C@H](NC(=O)c2ccccc2F)C1. The molecule has 1 amide bonds. The van der Waals surface area contributed by atoms with Crippen molar-refractivity contribution in [2.24, 2.45) is 5.41 Å². The molecule has 1 N–H and O–H groups in total. The number of furan rings is 1. The average molecular weight is 287 g/mol. The van der Waals surface area contributed by atoms with Gasteiger partial charge in [-0.2, -0.15) is 0 Å². The predicted molar refractivity (Wildman–Crippen MR) is 77.4 cm³/mol. The number of rotatable bonds is 2. The monoisotopic (exact) mass is 287 g/mol. The quantitative estimate of drug-likeness (QED) is 0.911. The minimum absolute atomic E-state index is 0.0397. The molecule has 0 unspecified atom stereocenters. The normalized spacial score (nSPS) is 19.9. The van der Waals surface area contributed by atoms with E-state index in [2.05, 4.69) is 19.2 Å². The summed E-state index contributed by atoms with van der Waals surface area (Å²) >= 11 is 0. The van der Waals surface area contributed by atoms with Gasteiger partial charge in [-0.1, -0.05) is 26.0 Å². The molecule has 1 atom stereocenters. The van der Waals surface area contributed by atoms with Gasteiger partial charge in [0, 0.05) is 12.0 Å². The highest BCUT2D eigenvalue weighted by atomic mass is 19.1. The van der Waals surface area contributed by atoms with Gasteiger partial charge in [-0.3, -0.25) is 4.79 Å². The number of hydrogen-bond acceptors (Lipinski definition) is 2. The zero-order chi connectivity index (χ0) is 15.0. The maximum absolute atomic E-state index is 13.7. The lowest BCUT2D eigenvalue weighted by Crippen LogP contribution is -2.36. The van der Waals surface area contributed by atoms with Gasteiger partial charge in [0.25, 0.3) is 5.91 Å². The zero-order valence-corrected chi connectivity index (χ0v) is 12.2. The van der Waals surface area contributed by atoms with Gasteiger partial charge in [0.2, 0.25) is 0 Å². The van der Waals surface area contributed by atoms with Gasteiger partial charge < -0.3 is 9.73 Å². The molecule has 1 aliphatic carbocycles. The Morgan fingerprint density at radius 1 is 1.33 bits per heavy atom. The van der Waals surface area contributed by atoms with E-state index in [0.717, 1.165) is 24.2 Å². The molecule has 0 saturated carbocycles. The third-order valence-corrected chi connectivity index (χ3v) is 3.97. The Hall–Kier alpha value is -2.10. The summed E-state index contributed by atoms with van der Waals surface area (Å²) in [6.45, 7) is 4.28. The van der Waals surface area contributed by atoms with Crippen LogP contribution in [0.25, 0.3) is 0 Å². The lowest BCUT2D eigenvalue weighted by Gasteiger charge is -2.34. The van der Waals surface area contributed by atoms with Crippen LogP contribution < -0.4 is 5.32 Å². The summed E-state index contributed by atoms with van der Waals surface area (Å²) in [6, 6.07) is 7.76. The second-order valence-electron chi connectivity index (χ2n) is 6.35. The molecule has 21 heavy (non-hydrogen) atoms. The van der Waals surface area contributed by atoms with Gasteiger partial charge in [0.1, 0.15) is 11.6 Å². The van der Waals surface area contributed by atoms with Gasteiger partial charge in [0.15, 0.2) is 0 Å². The number of halogens is 1. The van der Waals surface area contributed by atoms with E-state index < -0.39 is 5.82 Å². The number of carbonyl (C=O) groups excluding carboxylic acids is 1. The second kappa shape index (κ2) is 5.02. The smallest absolute Gasteiger partial charge is 0.254 e. The van der Waals surface area contributed by atoms with E-state index in [1.54, 1.807) is 18.4 Å². The van der Waals surface area contributed by atoms with E-state index in [1.165, 1.54) is 12.1 Å². The lowest BCUT2D eigenvalue weighted by atomic mass is 9.74. The van der Waals surface area contributed by atoms with Crippen molar-refractivity contribution >= 4 is 5.91 Å². The first-order chi connectivity index (χ1) is 9.96. The molecule has 2 aromatic rings. The molecule has 1 aromatic carbocycles. The topological polar surface area (TPSA) is 42.2 Å². The fourth-order valence-electron chi connectivity index (χ4n) is 2.98. The molecule has 3 rings (SSSR count). The van der Waals surface area contributed by atoms with Crippen molar-refractivity contribution in [2.45, 2.75) is 32.7 Å². The molecule has 0 spiro atoms. The molecular weight excluding hydrogens is 269 g/mol. The molecule has 3 nitrogen and oxygen atoms in total. The summed E-state index contributed by atoms with van der Waals surface area (Å²) in [7, 11) is 0. The van der Waals surface area contributed by atoms with Crippen molar-refractivity contribution in [2.75, 3.05) is 0 Å². The number of carbonyl (C=O) groups is 1. The Balaban J connectivity index is 1.86. The Bertz CT molecular complexity index is 675. The number of fused-ring (bicyclic) bond motifs is 1. The van der Waals surface area contributed by atoms with Crippen LogP contribution in [0, 0.1) is 11.2 Å². The van der Waals surface area contributed by atoms with Crippen LogP contribution in [-0.4, -0.2) is 5.91 Å². The zero-order valence-electron chi connectivity index (χ0n) is 12.2. The minimum Gasteiger partial charge on any atom is -0.469 e. The number of nitrogens with one attached hydrogen (secondary N) is 1. The summed E-state index contributed by atoms with van der Waals surface area (Å²) in [5.41, 5.74) is 1.11. The van der Waals surface area contributed by atoms with Crippen LogP contribution in [0.15, 0.2) is 41.0 Å². The molecular formula is C17H18FNO2. The summed E-state index contributed by atoms with van der Waals surface area (Å²) in [5.74, 6) is 0.0190. The first kappa shape index (κ1) is 13.9. The van der Waals surface area contributed by atoms with Crippen molar-refractivity contribution in [3.05, 3.63) is 59.3 Å². The van der Waals surface area contributed by atoms with Crippen LogP contribution >= 0.6 is 0 Å². The molecule has 110 valence electrons. The summed E-state index contributed by atoms with van der Waals surface area (Å²) in [4.78, 5) is 12.3. The highest BCUT2D eigenvalue weighted by molar-refractivity contribution is 5.94. The molecule has 0 fully saturated rings. The van der Waals surface area contributed by atoms with E-state index in [0.29, 0.717) is 0 Å². The molecule has 1 aliphatic rings. The van der Waals surface area contributed by atoms with Gasteiger partial charge in [-0.15, -0.1) is 0 Å². The fraction of sp³-hybridized carbons (Fsp3) is 0.353. The third kappa shape index (κ3) is 2.71. The molecule has 4 heteroatoms. The summed E-state index contributed by atoms with van der Waals surface area (Å²) in [5, 5.41) is 2.93. The minimum atomic E-state index is -0.502. The van der Waals surface area contributed by atoms with Crippen LogP contribution in [0.1, 0.15) is 48.0 Å². The van der Waals surface area contributed by atoms with E-state index in [4.69, 9.17) is 4.42 Å². The van der Waals surface area contributed by atoms with Crippen molar-refractivity contribution < 1.29 is 13.6 Å². The highest BCUT2D eigenvalue weighted by Crippen LogP contribution is 2.41. The van der Waals surface area contributed by atoms with Gasteiger partial charge in [0.05, 0.1) is 17.9 Å². The molecule has 0 aliphatic heterocycles. The fourth-order valence-corrected chi connectivity index (χ4v) is 2.98. The lowest BCUT2D eigenvalue weighted by molar-refractivity contribution is 0.0913. The van der Waals surface area contributed by atoms with E-state index in [1.807, 2.05) is 6.07 Å². The Morgan fingerprint density at radius 3 is 2.86 bits per heavy atom. The van der Waals surface area contributed by atoms with Crippen molar-refractivity contribution in [1.29, 1.82) is 0 Å². The second-order valence-corrected chi connectivity index (χ2v) is 6.35. The Labute approximate surface area is 123 Å².